The minimum Gasteiger partial charge on any atom is -0.478 e. The van der Waals surface area contributed by atoms with Gasteiger partial charge in [-0.3, -0.25) is 0 Å². The van der Waals surface area contributed by atoms with Gasteiger partial charge in [-0.25, -0.2) is 9.78 Å². The fourth-order valence-corrected chi connectivity index (χ4v) is 2.89. The molecule has 10 heteroatoms. The molecule has 9 nitrogen and oxygen atoms in total. The van der Waals surface area contributed by atoms with Gasteiger partial charge in [0, 0.05) is 7.11 Å². The summed E-state index contributed by atoms with van der Waals surface area (Å²) in [6.07, 6.45) is 1.46. The number of carboxylic acids is 1. The van der Waals surface area contributed by atoms with Crippen LogP contribution in [0.15, 0.2) is 58.9 Å². The van der Waals surface area contributed by atoms with Crippen LogP contribution in [0.1, 0.15) is 28.4 Å². The third-order valence-electron chi connectivity index (χ3n) is 4.56. The van der Waals surface area contributed by atoms with Gasteiger partial charge < -0.3 is 21.3 Å². The van der Waals surface area contributed by atoms with Gasteiger partial charge in [0.15, 0.2) is 5.60 Å². The van der Waals surface area contributed by atoms with Crippen molar-refractivity contribution in [3.05, 3.63) is 70.4 Å². The van der Waals surface area contributed by atoms with E-state index >= 15 is 0 Å². The maximum absolute atomic E-state index is 11.0. The molecule has 3 aromatic rings. The van der Waals surface area contributed by atoms with Crippen molar-refractivity contribution in [2.24, 2.45) is 10.2 Å². The molecule has 2 aromatic carbocycles. The summed E-state index contributed by atoms with van der Waals surface area (Å²) in [4.78, 5) is 18.8. The molecule has 1 unspecified atom stereocenters. The smallest absolute Gasteiger partial charge is 0.337 e. The molecule has 0 saturated heterocycles. The van der Waals surface area contributed by atoms with E-state index in [1.54, 1.807) is 19.2 Å². The van der Waals surface area contributed by atoms with Crippen LogP contribution in [-0.2, 0) is 10.3 Å². The van der Waals surface area contributed by atoms with Gasteiger partial charge in [-0.15, -0.1) is 0 Å². The molecule has 0 amide bonds. The van der Waals surface area contributed by atoms with Crippen molar-refractivity contribution in [3.8, 4) is 11.8 Å². The number of nitrogens with zero attached hydrogens (tertiary/aromatic N) is 4. The van der Waals surface area contributed by atoms with Crippen LogP contribution in [0.2, 0.25) is 5.02 Å². The van der Waals surface area contributed by atoms with Gasteiger partial charge in [-0.2, -0.15) is 15.2 Å². The first-order chi connectivity index (χ1) is 15.2. The second-order valence-corrected chi connectivity index (χ2v) is 7.14. The van der Waals surface area contributed by atoms with E-state index in [1.807, 2.05) is 19.1 Å². The van der Waals surface area contributed by atoms with Crippen LogP contribution in [0.3, 0.4) is 0 Å². The van der Waals surface area contributed by atoms with Crippen molar-refractivity contribution in [2.45, 2.75) is 12.5 Å². The summed E-state index contributed by atoms with van der Waals surface area (Å²) in [6, 6.07) is 11.5. The molecular weight excluding hydrogens is 432 g/mol. The molecule has 32 heavy (non-hydrogen) atoms. The highest BCUT2D eigenvalue weighted by atomic mass is 35.5. The number of ether oxygens (including phenoxy) is 1. The molecule has 0 bridgehead atoms. The number of carboxylic acid groups (broad SMARTS) is 1. The van der Waals surface area contributed by atoms with Gasteiger partial charge in [-0.05, 0) is 42.8 Å². The number of methoxy groups -OCH3 is 1. The molecule has 162 valence electrons. The van der Waals surface area contributed by atoms with Crippen LogP contribution >= 0.6 is 11.6 Å². The number of benzene rings is 2. The molecule has 0 saturated carbocycles. The van der Waals surface area contributed by atoms with Crippen LogP contribution in [0.25, 0.3) is 0 Å². The highest BCUT2D eigenvalue weighted by Gasteiger charge is 2.23. The molecule has 3 rings (SSSR count). The van der Waals surface area contributed by atoms with Crippen LogP contribution < -0.4 is 11.5 Å². The van der Waals surface area contributed by atoms with Gasteiger partial charge in [0.25, 0.3) is 0 Å². The number of aromatic carboxylic acids is 1. The number of halogens is 1. The van der Waals surface area contributed by atoms with Crippen molar-refractivity contribution in [3.63, 3.8) is 0 Å². The Labute approximate surface area is 189 Å². The highest BCUT2D eigenvalue weighted by Crippen LogP contribution is 2.28. The normalized spacial score (nSPS) is 12.7. The molecule has 0 spiro atoms. The Bertz CT molecular complexity index is 1250. The van der Waals surface area contributed by atoms with Crippen molar-refractivity contribution >= 4 is 40.7 Å². The Morgan fingerprint density at radius 1 is 1.16 bits per heavy atom. The first kappa shape index (κ1) is 22.7. The number of hydrogen-bond acceptors (Lipinski definition) is 8. The fourth-order valence-electron chi connectivity index (χ4n) is 2.63. The third kappa shape index (κ3) is 5.18. The standard InChI is InChI=1S/C22H19ClN6O3/c1-22(32-2,10-9-13-12-26-21(25)27-19(13)24)14-3-5-15(6-4-14)28-29-16-7-8-17(20(30)31)18(23)11-16/h3-8,11-12H,1-2H3,(H,30,31)(H4,24,25,26,27). The predicted octanol–water partition coefficient (Wildman–Crippen LogP) is 4.32. The maximum atomic E-state index is 11.0. The quantitative estimate of drug-likeness (QED) is 0.387. The SMILES string of the molecule is COC(C)(C#Cc1cnc(N)nc1N)c1ccc(N=Nc2ccc(C(=O)O)c(Cl)c2)cc1. The van der Waals surface area contributed by atoms with Crippen LogP contribution in [-0.4, -0.2) is 28.2 Å². The zero-order chi connectivity index (χ0) is 23.3. The Balaban J connectivity index is 1.80. The van der Waals surface area contributed by atoms with E-state index in [1.165, 1.54) is 24.4 Å². The van der Waals surface area contributed by atoms with Gasteiger partial charge in [0.05, 0.1) is 33.7 Å². The van der Waals surface area contributed by atoms with Crippen molar-refractivity contribution < 1.29 is 14.6 Å². The Morgan fingerprint density at radius 3 is 2.41 bits per heavy atom. The highest BCUT2D eigenvalue weighted by molar-refractivity contribution is 6.33. The average molecular weight is 451 g/mol. The van der Waals surface area contributed by atoms with Gasteiger partial charge in [0.1, 0.15) is 5.82 Å². The summed E-state index contributed by atoms with van der Waals surface area (Å²) >= 11 is 5.95. The number of anilines is 2. The van der Waals surface area contributed by atoms with E-state index < -0.39 is 11.6 Å². The topological polar surface area (TPSA) is 149 Å². The number of rotatable bonds is 5. The summed E-state index contributed by atoms with van der Waals surface area (Å²) in [6.45, 7) is 1.82. The van der Waals surface area contributed by atoms with E-state index in [4.69, 9.17) is 32.9 Å². The second-order valence-electron chi connectivity index (χ2n) is 6.73. The molecule has 1 heterocycles. The first-order valence-corrected chi connectivity index (χ1v) is 9.61. The van der Waals surface area contributed by atoms with Crippen molar-refractivity contribution in [1.29, 1.82) is 0 Å². The minimum atomic E-state index is -1.11. The molecule has 0 aliphatic carbocycles. The third-order valence-corrected chi connectivity index (χ3v) is 4.88. The number of hydrogen-bond donors (Lipinski definition) is 3. The molecule has 5 N–H and O–H groups in total. The molecule has 1 aromatic heterocycles. The summed E-state index contributed by atoms with van der Waals surface area (Å²) < 4.78 is 5.63. The molecule has 0 aliphatic heterocycles. The fraction of sp³-hybridized carbons (Fsp3) is 0.136. The monoisotopic (exact) mass is 450 g/mol. The zero-order valence-electron chi connectivity index (χ0n) is 17.2. The van der Waals surface area contributed by atoms with E-state index in [0.717, 1.165) is 5.56 Å². The molecule has 0 radical (unpaired) electrons. The molecule has 0 fully saturated rings. The summed E-state index contributed by atoms with van der Waals surface area (Å²) in [5, 5.41) is 17.4. The Hall–Kier alpha value is -4.00. The van der Waals surface area contributed by atoms with Crippen LogP contribution in [0, 0.1) is 11.8 Å². The van der Waals surface area contributed by atoms with E-state index in [-0.39, 0.29) is 22.4 Å². The maximum Gasteiger partial charge on any atom is 0.337 e. The van der Waals surface area contributed by atoms with Crippen LogP contribution in [0.5, 0.6) is 0 Å². The first-order valence-electron chi connectivity index (χ1n) is 9.23. The van der Waals surface area contributed by atoms with Crippen molar-refractivity contribution in [1.82, 2.24) is 9.97 Å². The average Bonchev–Trinajstić information content (AvgIpc) is 2.77. The number of azo groups is 1. The Kier molecular flexibility index (Phi) is 6.68. The lowest BCUT2D eigenvalue weighted by molar-refractivity contribution is 0.0552. The van der Waals surface area contributed by atoms with Gasteiger partial charge >= 0.3 is 5.97 Å². The van der Waals surface area contributed by atoms with Gasteiger partial charge in [-0.1, -0.05) is 35.6 Å². The van der Waals surface area contributed by atoms with Gasteiger partial charge in [0.2, 0.25) is 5.95 Å². The second kappa shape index (κ2) is 9.43. The lowest BCUT2D eigenvalue weighted by Crippen LogP contribution is -2.22. The summed E-state index contributed by atoms with van der Waals surface area (Å²) in [5.74, 6) is 5.14. The minimum absolute atomic E-state index is 0.00206. The van der Waals surface area contributed by atoms with E-state index in [2.05, 4.69) is 32.0 Å². The van der Waals surface area contributed by atoms with Crippen molar-refractivity contribution in [2.75, 3.05) is 18.6 Å². The van der Waals surface area contributed by atoms with E-state index in [0.29, 0.717) is 16.9 Å². The molecular formula is C22H19ClN6O3. The van der Waals surface area contributed by atoms with Crippen LogP contribution in [0.4, 0.5) is 23.1 Å². The summed E-state index contributed by atoms with van der Waals surface area (Å²) in [7, 11) is 1.55. The van der Waals surface area contributed by atoms with E-state index in [9.17, 15) is 4.79 Å². The number of nitrogens with two attached hydrogens (primary N) is 2. The number of aromatic nitrogens is 2. The molecule has 0 aliphatic rings. The summed E-state index contributed by atoms with van der Waals surface area (Å²) in [5.41, 5.74) is 12.7. The lowest BCUT2D eigenvalue weighted by Gasteiger charge is -2.22. The largest absolute Gasteiger partial charge is 0.478 e. The zero-order valence-corrected chi connectivity index (χ0v) is 18.0. The Morgan fingerprint density at radius 2 is 1.81 bits per heavy atom. The predicted molar refractivity (Wildman–Crippen MR) is 121 cm³/mol. The number of carbonyl (C=O) groups is 1. The molecule has 1 atom stereocenters. The lowest BCUT2D eigenvalue weighted by atomic mass is 9.95. The number of nitrogen functional groups attached to an aromatic ring is 2.